The average Bonchev–Trinajstić information content (AvgIpc) is 2.72. The van der Waals surface area contributed by atoms with Gasteiger partial charge in [0.05, 0.1) is 0 Å². The number of aliphatic carboxylic acids is 1. The topological polar surface area (TPSA) is 46.5 Å². The molecule has 0 aliphatic carbocycles. The minimum Gasteiger partial charge on any atom is -0.482 e. The van der Waals surface area contributed by atoms with Crippen LogP contribution in [0.3, 0.4) is 0 Å². The van der Waals surface area contributed by atoms with Crippen LogP contribution >= 0.6 is 34.4 Å². The zero-order valence-electron chi connectivity index (χ0n) is 15.3. The van der Waals surface area contributed by atoms with E-state index in [-0.39, 0.29) is 12.4 Å². The molecule has 3 nitrogen and oxygen atoms in total. The highest BCUT2D eigenvalue weighted by atomic mass is 127. The summed E-state index contributed by atoms with van der Waals surface area (Å²) in [7, 11) is 0. The molecule has 3 rings (SSSR count). The first-order chi connectivity index (χ1) is 14.0. The van der Waals surface area contributed by atoms with Gasteiger partial charge in [-0.1, -0.05) is 48.5 Å². The van der Waals surface area contributed by atoms with Crippen molar-refractivity contribution < 1.29 is 19.0 Å². The van der Waals surface area contributed by atoms with Crippen LogP contribution in [-0.2, 0) is 4.79 Å². The molecule has 3 aromatic rings. The van der Waals surface area contributed by atoms with Crippen LogP contribution in [-0.4, -0.2) is 23.4 Å². The van der Waals surface area contributed by atoms with Crippen molar-refractivity contribution in [1.82, 2.24) is 0 Å². The smallest absolute Gasteiger partial charge is 0.341 e. The first kappa shape index (κ1) is 21.4. The Balaban J connectivity index is 1.76. The van der Waals surface area contributed by atoms with E-state index in [1.807, 2.05) is 42.5 Å². The van der Waals surface area contributed by atoms with Crippen LogP contribution in [0.1, 0.15) is 11.1 Å². The summed E-state index contributed by atoms with van der Waals surface area (Å²) in [4.78, 5) is 11.7. The van der Waals surface area contributed by atoms with Gasteiger partial charge in [0.1, 0.15) is 11.6 Å². The third-order valence-electron chi connectivity index (χ3n) is 4.03. The number of rotatable bonds is 8. The molecule has 1 N–H and O–H groups in total. The van der Waals surface area contributed by atoms with Crippen molar-refractivity contribution in [2.45, 2.75) is 4.90 Å². The van der Waals surface area contributed by atoms with Crippen molar-refractivity contribution in [2.24, 2.45) is 0 Å². The number of carbonyl (C=O) groups is 1. The maximum Gasteiger partial charge on any atom is 0.341 e. The minimum absolute atomic E-state index is 0.254. The molecule has 0 saturated heterocycles. The second kappa shape index (κ2) is 10.5. The van der Waals surface area contributed by atoms with E-state index >= 15 is 0 Å². The number of halogens is 2. The highest BCUT2D eigenvalue weighted by Crippen LogP contribution is 2.30. The second-order valence-corrected chi connectivity index (χ2v) is 8.30. The Kier molecular flexibility index (Phi) is 7.71. The summed E-state index contributed by atoms with van der Waals surface area (Å²) >= 11 is 3.89. The standard InChI is InChI=1S/C23H18FIO3S/c24-18-8-6-17(7-9-18)20(16-4-2-1-3-5-16)12-13-29-22-11-10-19(14-21(22)25)28-15-23(26)27/h1-12,14H,13,15H2,(H,26,27)/b20-12-. The Morgan fingerprint density at radius 1 is 1.03 bits per heavy atom. The lowest BCUT2D eigenvalue weighted by molar-refractivity contribution is -0.139. The Bertz CT molecular complexity index is 1000. The predicted molar refractivity (Wildman–Crippen MR) is 123 cm³/mol. The Morgan fingerprint density at radius 3 is 2.38 bits per heavy atom. The van der Waals surface area contributed by atoms with Crippen molar-refractivity contribution in [3.63, 3.8) is 0 Å². The van der Waals surface area contributed by atoms with Crippen molar-refractivity contribution in [2.75, 3.05) is 12.4 Å². The van der Waals surface area contributed by atoms with Crippen LogP contribution < -0.4 is 4.74 Å². The zero-order valence-corrected chi connectivity index (χ0v) is 18.3. The quantitative estimate of drug-likeness (QED) is 0.287. The minimum atomic E-state index is -1.00. The molecular formula is C23H18FIO3S. The lowest BCUT2D eigenvalue weighted by atomic mass is 9.98. The lowest BCUT2D eigenvalue weighted by Gasteiger charge is -2.10. The van der Waals surface area contributed by atoms with E-state index in [9.17, 15) is 9.18 Å². The third-order valence-corrected chi connectivity index (χ3v) is 6.29. The van der Waals surface area contributed by atoms with Gasteiger partial charge in [0.2, 0.25) is 0 Å². The fourth-order valence-electron chi connectivity index (χ4n) is 2.70. The summed E-state index contributed by atoms with van der Waals surface area (Å²) < 4.78 is 19.5. The van der Waals surface area contributed by atoms with E-state index in [4.69, 9.17) is 9.84 Å². The predicted octanol–water partition coefficient (Wildman–Crippen LogP) is 6.12. The molecule has 0 amide bonds. The molecule has 3 aromatic carbocycles. The van der Waals surface area contributed by atoms with Gasteiger partial charge >= 0.3 is 5.97 Å². The molecule has 0 atom stereocenters. The fourth-order valence-corrected chi connectivity index (χ4v) is 4.44. The highest BCUT2D eigenvalue weighted by Gasteiger charge is 2.07. The molecule has 148 valence electrons. The molecule has 0 radical (unpaired) electrons. The van der Waals surface area contributed by atoms with Gasteiger partial charge in [-0.3, -0.25) is 0 Å². The summed E-state index contributed by atoms with van der Waals surface area (Å²) in [5.41, 5.74) is 3.09. The monoisotopic (exact) mass is 520 g/mol. The molecule has 6 heteroatoms. The lowest BCUT2D eigenvalue weighted by Crippen LogP contribution is -2.09. The van der Waals surface area contributed by atoms with E-state index in [2.05, 4.69) is 28.7 Å². The molecule has 0 aromatic heterocycles. The number of ether oxygens (including phenoxy) is 1. The first-order valence-corrected chi connectivity index (χ1v) is 10.9. The summed E-state index contributed by atoms with van der Waals surface area (Å²) in [6.07, 6.45) is 2.14. The number of thioether (sulfide) groups is 1. The molecule has 0 aliphatic rings. The van der Waals surface area contributed by atoms with Crippen molar-refractivity contribution >= 4 is 45.9 Å². The largest absolute Gasteiger partial charge is 0.482 e. The molecular weight excluding hydrogens is 502 g/mol. The molecule has 0 aliphatic heterocycles. The number of hydrogen-bond acceptors (Lipinski definition) is 3. The van der Waals surface area contributed by atoms with Crippen LogP contribution in [0.2, 0.25) is 0 Å². The molecule has 0 bridgehead atoms. The van der Waals surface area contributed by atoms with Gasteiger partial charge in [-0.15, -0.1) is 11.8 Å². The summed E-state index contributed by atoms with van der Waals surface area (Å²) in [6.45, 7) is -0.358. The van der Waals surface area contributed by atoms with Crippen LogP contribution in [0, 0.1) is 9.39 Å². The van der Waals surface area contributed by atoms with Crippen LogP contribution in [0.5, 0.6) is 5.75 Å². The fraction of sp³-hybridized carbons (Fsp3) is 0.0870. The van der Waals surface area contributed by atoms with Gasteiger partial charge in [0.15, 0.2) is 6.61 Å². The van der Waals surface area contributed by atoms with E-state index in [0.29, 0.717) is 5.75 Å². The van der Waals surface area contributed by atoms with Crippen LogP contribution in [0.4, 0.5) is 4.39 Å². The molecule has 0 spiro atoms. The van der Waals surface area contributed by atoms with Gasteiger partial charge in [-0.2, -0.15) is 0 Å². The van der Waals surface area contributed by atoms with E-state index < -0.39 is 5.97 Å². The number of carboxylic acids is 1. The van der Waals surface area contributed by atoms with Gasteiger partial charge in [-0.05, 0) is 69.6 Å². The third kappa shape index (κ3) is 6.33. The molecule has 0 heterocycles. The highest BCUT2D eigenvalue weighted by molar-refractivity contribution is 14.1. The van der Waals surface area contributed by atoms with Crippen molar-refractivity contribution in [3.05, 3.63) is 99.4 Å². The van der Waals surface area contributed by atoms with Gasteiger partial charge in [0, 0.05) is 14.2 Å². The average molecular weight is 520 g/mol. The Hall–Kier alpha value is -2.32. The SMILES string of the molecule is O=C(O)COc1ccc(SC/C=C(/c2ccccc2)c2ccc(F)cc2)c(I)c1. The Morgan fingerprint density at radius 2 is 1.72 bits per heavy atom. The molecule has 29 heavy (non-hydrogen) atoms. The van der Waals surface area contributed by atoms with Crippen LogP contribution in [0.15, 0.2) is 83.8 Å². The number of benzene rings is 3. The Labute approximate surface area is 186 Å². The maximum absolute atomic E-state index is 13.3. The summed E-state index contributed by atoms with van der Waals surface area (Å²) in [5, 5.41) is 8.71. The molecule has 0 saturated carbocycles. The van der Waals surface area contributed by atoms with E-state index in [1.54, 1.807) is 30.0 Å². The maximum atomic E-state index is 13.3. The van der Waals surface area contributed by atoms with Crippen LogP contribution in [0.25, 0.3) is 5.57 Å². The molecule has 0 unspecified atom stereocenters. The number of hydrogen-bond donors (Lipinski definition) is 1. The normalized spacial score (nSPS) is 11.3. The first-order valence-electron chi connectivity index (χ1n) is 8.81. The molecule has 0 fully saturated rings. The summed E-state index contributed by atoms with van der Waals surface area (Å²) in [5.74, 6) is 0.00791. The number of carboxylic acid groups (broad SMARTS) is 1. The summed E-state index contributed by atoms with van der Waals surface area (Å²) in [6, 6.07) is 22.1. The van der Waals surface area contributed by atoms with Crippen molar-refractivity contribution in [1.29, 1.82) is 0 Å². The van der Waals surface area contributed by atoms with Gasteiger partial charge in [0.25, 0.3) is 0 Å². The van der Waals surface area contributed by atoms with Gasteiger partial charge < -0.3 is 9.84 Å². The van der Waals surface area contributed by atoms with E-state index in [0.717, 1.165) is 30.9 Å². The zero-order chi connectivity index (χ0) is 20.6. The van der Waals surface area contributed by atoms with E-state index in [1.165, 1.54) is 12.1 Å². The van der Waals surface area contributed by atoms with Gasteiger partial charge in [-0.25, -0.2) is 9.18 Å². The second-order valence-electron chi connectivity index (χ2n) is 6.08. The van der Waals surface area contributed by atoms with Crippen molar-refractivity contribution in [3.8, 4) is 5.75 Å².